The minimum absolute atomic E-state index is 0.117. The highest BCUT2D eigenvalue weighted by Gasteiger charge is 2.58. The second-order valence-electron chi connectivity index (χ2n) is 18.2. The molecule has 4 bridgehead atoms. The van der Waals surface area contributed by atoms with E-state index in [1.807, 2.05) is 54.6 Å². The summed E-state index contributed by atoms with van der Waals surface area (Å²) in [6, 6.07) is 66.3. The summed E-state index contributed by atoms with van der Waals surface area (Å²) in [5.41, 5.74) is 10.6. The largest absolute Gasteiger partial charge is 0.208 e. The second-order valence-corrected chi connectivity index (χ2v) is 18.2. The molecular weight excluding hydrogens is 779 g/mol. The molecule has 1 heterocycles. The van der Waals surface area contributed by atoms with Crippen molar-refractivity contribution in [1.29, 1.82) is 10.5 Å². The first-order valence-corrected chi connectivity index (χ1v) is 22.5. The summed E-state index contributed by atoms with van der Waals surface area (Å²) < 4.78 is 0. The van der Waals surface area contributed by atoms with Crippen LogP contribution in [0.4, 0.5) is 0 Å². The van der Waals surface area contributed by atoms with Gasteiger partial charge in [-0.05, 0) is 118 Å². The normalized spacial score (nSPS) is 20.8. The van der Waals surface area contributed by atoms with E-state index in [1.54, 1.807) is 0 Å². The third kappa shape index (κ3) is 6.15. The number of rotatable bonds is 7. The van der Waals surface area contributed by atoms with Crippen LogP contribution in [-0.2, 0) is 5.41 Å². The van der Waals surface area contributed by atoms with Crippen molar-refractivity contribution in [3.63, 3.8) is 0 Å². The zero-order chi connectivity index (χ0) is 42.8. The summed E-state index contributed by atoms with van der Waals surface area (Å²) in [5.74, 6) is 4.71. The third-order valence-corrected chi connectivity index (χ3v) is 14.9. The molecule has 4 aliphatic carbocycles. The van der Waals surface area contributed by atoms with Crippen LogP contribution in [0.1, 0.15) is 54.4 Å². The molecular formula is C59H43N5. The van der Waals surface area contributed by atoms with Gasteiger partial charge in [0.25, 0.3) is 0 Å². The lowest BCUT2D eigenvalue weighted by Gasteiger charge is -2.62. The number of nitriles is 2. The van der Waals surface area contributed by atoms with Gasteiger partial charge in [0, 0.05) is 33.2 Å². The highest BCUT2D eigenvalue weighted by molar-refractivity contribution is 6.11. The average Bonchev–Trinajstić information content (AvgIpc) is 3.35. The van der Waals surface area contributed by atoms with Gasteiger partial charge >= 0.3 is 0 Å². The SMILES string of the molecule is N#Cc1ccc(-c2cccc(-c3ccc(C4(c5ccc(-c6nc(-c7ccccc7)nc(-c7c8ccccc8cc8ccccc78)n6)cc5)C5CC6CC(C5)CC4C6)cc3)c2C#N)cc1. The molecule has 5 heteroatoms. The molecule has 9 aromatic rings. The quantitative estimate of drug-likeness (QED) is 0.149. The van der Waals surface area contributed by atoms with Crippen molar-refractivity contribution >= 4 is 21.5 Å². The number of aromatic nitrogens is 3. The molecule has 0 atom stereocenters. The molecule has 0 saturated heterocycles. The summed E-state index contributed by atoms with van der Waals surface area (Å²) in [6.07, 6.45) is 6.43. The Bertz CT molecular complexity index is 3260. The van der Waals surface area contributed by atoms with E-state index in [4.69, 9.17) is 15.0 Å². The van der Waals surface area contributed by atoms with E-state index in [9.17, 15) is 10.5 Å². The summed E-state index contributed by atoms with van der Waals surface area (Å²) in [6.45, 7) is 0. The van der Waals surface area contributed by atoms with Crippen LogP contribution in [0.15, 0.2) is 176 Å². The molecule has 0 amide bonds. The molecule has 8 aromatic carbocycles. The molecule has 64 heavy (non-hydrogen) atoms. The molecule has 0 radical (unpaired) electrons. The number of hydrogen-bond donors (Lipinski definition) is 0. The monoisotopic (exact) mass is 821 g/mol. The van der Waals surface area contributed by atoms with Crippen LogP contribution in [0, 0.1) is 46.3 Å². The van der Waals surface area contributed by atoms with Gasteiger partial charge in [-0.1, -0.05) is 158 Å². The fourth-order valence-electron chi connectivity index (χ4n) is 12.3. The van der Waals surface area contributed by atoms with Gasteiger partial charge in [0.1, 0.15) is 6.07 Å². The molecule has 4 saturated carbocycles. The molecule has 0 spiro atoms. The molecule has 0 unspecified atom stereocenters. The van der Waals surface area contributed by atoms with Crippen molar-refractivity contribution in [1.82, 2.24) is 15.0 Å². The van der Waals surface area contributed by atoms with E-state index in [0.29, 0.717) is 40.4 Å². The highest BCUT2D eigenvalue weighted by atomic mass is 15.0. The van der Waals surface area contributed by atoms with E-state index >= 15 is 0 Å². The summed E-state index contributed by atoms with van der Waals surface area (Å²) >= 11 is 0. The van der Waals surface area contributed by atoms with Gasteiger partial charge in [-0.15, -0.1) is 0 Å². The lowest BCUT2D eigenvalue weighted by atomic mass is 9.42. The fraction of sp³-hybridized carbons (Fsp3) is 0.169. The first kappa shape index (κ1) is 38.0. The van der Waals surface area contributed by atoms with Crippen LogP contribution in [0.25, 0.3) is 78.0 Å². The molecule has 4 fully saturated rings. The van der Waals surface area contributed by atoms with Crippen molar-refractivity contribution in [3.8, 4) is 68.6 Å². The zero-order valence-corrected chi connectivity index (χ0v) is 35.3. The van der Waals surface area contributed by atoms with Gasteiger partial charge in [0.15, 0.2) is 17.5 Å². The minimum atomic E-state index is -0.117. The number of hydrogen-bond acceptors (Lipinski definition) is 5. The van der Waals surface area contributed by atoms with Gasteiger partial charge in [-0.25, -0.2) is 15.0 Å². The van der Waals surface area contributed by atoms with Crippen LogP contribution in [0.5, 0.6) is 0 Å². The molecule has 1 aromatic heterocycles. The number of nitrogens with zero attached hydrogens (tertiary/aromatic N) is 5. The van der Waals surface area contributed by atoms with E-state index in [2.05, 4.69) is 133 Å². The van der Waals surface area contributed by atoms with Crippen LogP contribution in [0.2, 0.25) is 0 Å². The maximum atomic E-state index is 10.5. The predicted octanol–water partition coefficient (Wildman–Crippen LogP) is 14.0. The van der Waals surface area contributed by atoms with E-state index < -0.39 is 0 Å². The van der Waals surface area contributed by atoms with E-state index in [1.165, 1.54) is 43.2 Å². The average molecular weight is 822 g/mol. The Balaban J connectivity index is 0.967. The third-order valence-electron chi connectivity index (χ3n) is 14.9. The van der Waals surface area contributed by atoms with Crippen LogP contribution >= 0.6 is 0 Å². The topological polar surface area (TPSA) is 86.2 Å². The minimum Gasteiger partial charge on any atom is -0.208 e. The molecule has 0 aliphatic heterocycles. The predicted molar refractivity (Wildman–Crippen MR) is 256 cm³/mol. The fourth-order valence-corrected chi connectivity index (χ4v) is 12.3. The van der Waals surface area contributed by atoms with Crippen molar-refractivity contribution in [2.45, 2.75) is 37.5 Å². The molecule has 5 nitrogen and oxygen atoms in total. The molecule has 304 valence electrons. The van der Waals surface area contributed by atoms with Crippen molar-refractivity contribution in [2.24, 2.45) is 23.7 Å². The van der Waals surface area contributed by atoms with Crippen LogP contribution in [0.3, 0.4) is 0 Å². The molecule has 13 rings (SSSR count). The summed E-state index contributed by atoms with van der Waals surface area (Å²) in [4.78, 5) is 15.7. The Morgan fingerprint density at radius 3 is 1.42 bits per heavy atom. The maximum Gasteiger partial charge on any atom is 0.165 e. The van der Waals surface area contributed by atoms with Gasteiger partial charge in [0.2, 0.25) is 0 Å². The Kier molecular flexibility index (Phi) is 9.06. The van der Waals surface area contributed by atoms with E-state index in [-0.39, 0.29) is 5.41 Å². The van der Waals surface area contributed by atoms with Crippen LogP contribution < -0.4 is 0 Å². The lowest BCUT2D eigenvalue weighted by molar-refractivity contribution is -0.0418. The summed E-state index contributed by atoms with van der Waals surface area (Å²) in [5, 5.41) is 24.4. The first-order valence-electron chi connectivity index (χ1n) is 22.5. The lowest BCUT2D eigenvalue weighted by Crippen LogP contribution is -2.56. The van der Waals surface area contributed by atoms with Gasteiger partial charge in [-0.3, -0.25) is 0 Å². The van der Waals surface area contributed by atoms with E-state index in [0.717, 1.165) is 72.3 Å². The van der Waals surface area contributed by atoms with Gasteiger partial charge < -0.3 is 0 Å². The smallest absolute Gasteiger partial charge is 0.165 e. The maximum absolute atomic E-state index is 10.5. The first-order chi connectivity index (χ1) is 31.6. The Labute approximate surface area is 373 Å². The zero-order valence-electron chi connectivity index (χ0n) is 35.3. The van der Waals surface area contributed by atoms with Gasteiger partial charge in [-0.2, -0.15) is 10.5 Å². The Morgan fingerprint density at radius 1 is 0.422 bits per heavy atom. The molecule has 0 N–H and O–H groups in total. The molecule has 4 aliphatic rings. The Morgan fingerprint density at radius 2 is 0.891 bits per heavy atom. The summed E-state index contributed by atoms with van der Waals surface area (Å²) in [7, 11) is 0. The standard InChI is InChI=1S/C59H43N5/c60-35-37-17-19-40(20-18-37)50-15-8-16-51(54(50)36-61)41-21-25-46(26-22-41)59(48-30-38-29-39(32-48)33-49(59)31-38)47-27-23-43(24-28-47)57-62-56(42-9-2-1-3-10-42)63-58(64-57)55-52-13-6-4-11-44(52)34-45-12-5-7-14-53(45)55/h1-28,34,38-39,48-49H,29-33H2. The number of benzene rings is 8. The second kappa shape index (κ2) is 15.3. The highest BCUT2D eigenvalue weighted by Crippen LogP contribution is 2.65. The number of fused-ring (bicyclic) bond motifs is 2. The van der Waals surface area contributed by atoms with Crippen molar-refractivity contribution < 1.29 is 0 Å². The van der Waals surface area contributed by atoms with Crippen LogP contribution in [-0.4, -0.2) is 15.0 Å². The van der Waals surface area contributed by atoms with Gasteiger partial charge in [0.05, 0.1) is 17.2 Å². The van der Waals surface area contributed by atoms with Crippen molar-refractivity contribution in [3.05, 3.63) is 198 Å². The van der Waals surface area contributed by atoms with Crippen molar-refractivity contribution in [2.75, 3.05) is 0 Å². The Hall–Kier alpha value is -7.73.